The molecule has 0 atom stereocenters. The molecule has 2 rings (SSSR count). The van der Waals surface area contributed by atoms with E-state index in [4.69, 9.17) is 0 Å². The van der Waals surface area contributed by atoms with Gasteiger partial charge in [-0.25, -0.2) is 8.42 Å². The molecule has 1 N–H and O–H groups in total. The number of nitro groups is 1. The van der Waals surface area contributed by atoms with Gasteiger partial charge < -0.3 is 5.32 Å². The highest BCUT2D eigenvalue weighted by Crippen LogP contribution is 2.29. The van der Waals surface area contributed by atoms with Gasteiger partial charge in [0.2, 0.25) is 0 Å². The molecule has 8 heteroatoms. The molecule has 0 spiro atoms. The Hall–Kier alpha value is -0.990. The molecule has 0 unspecified atom stereocenters. The fourth-order valence-electron chi connectivity index (χ4n) is 1.94. The first-order chi connectivity index (χ1) is 8.89. The minimum absolute atomic E-state index is 0.113. The first kappa shape index (κ1) is 14.4. The van der Waals surface area contributed by atoms with Crippen LogP contribution in [0.3, 0.4) is 0 Å². The fourth-order valence-corrected chi connectivity index (χ4v) is 4.46. The Morgan fingerprint density at radius 2 is 2.11 bits per heavy atom. The lowest BCUT2D eigenvalue weighted by atomic mass is 10.1. The van der Waals surface area contributed by atoms with E-state index in [1.807, 2.05) is 0 Å². The van der Waals surface area contributed by atoms with Gasteiger partial charge in [0.25, 0.3) is 5.69 Å². The number of hydrogen-bond donors (Lipinski definition) is 1. The van der Waals surface area contributed by atoms with Gasteiger partial charge in [0.15, 0.2) is 9.84 Å². The van der Waals surface area contributed by atoms with E-state index in [9.17, 15) is 18.5 Å². The van der Waals surface area contributed by atoms with Crippen LogP contribution in [0.4, 0.5) is 5.69 Å². The second-order valence-corrected chi connectivity index (χ2v) is 7.49. The normalized spacial score (nSPS) is 16.1. The van der Waals surface area contributed by atoms with E-state index in [2.05, 4.69) is 21.2 Å². The molecule has 1 aromatic carbocycles. The third kappa shape index (κ3) is 3.52. The molecule has 0 aliphatic carbocycles. The molecule has 1 aliphatic heterocycles. The number of hydrogen-bond acceptors (Lipinski definition) is 5. The van der Waals surface area contributed by atoms with Crippen molar-refractivity contribution in [2.24, 2.45) is 5.92 Å². The number of sulfone groups is 1. The van der Waals surface area contributed by atoms with Crippen LogP contribution in [0.1, 0.15) is 5.56 Å². The van der Waals surface area contributed by atoms with Gasteiger partial charge in [0, 0.05) is 19.2 Å². The lowest BCUT2D eigenvalue weighted by Crippen LogP contribution is -2.45. The molecule has 1 heterocycles. The highest BCUT2D eigenvalue weighted by Gasteiger charge is 2.26. The third-order valence-corrected chi connectivity index (χ3v) is 5.63. The van der Waals surface area contributed by atoms with Crippen LogP contribution < -0.4 is 5.32 Å². The lowest BCUT2D eigenvalue weighted by Gasteiger charge is -2.26. The first-order valence-corrected chi connectivity index (χ1v) is 8.33. The lowest BCUT2D eigenvalue weighted by molar-refractivity contribution is -0.385. The number of benzene rings is 1. The molecule has 0 radical (unpaired) electrons. The number of nitrogens with zero attached hydrogens (tertiary/aromatic N) is 1. The molecule has 19 heavy (non-hydrogen) atoms. The maximum Gasteiger partial charge on any atom is 0.283 e. The second kappa shape index (κ2) is 5.56. The maximum absolute atomic E-state index is 12.0. The van der Waals surface area contributed by atoms with Gasteiger partial charge in [-0.3, -0.25) is 10.1 Å². The van der Waals surface area contributed by atoms with Gasteiger partial charge in [-0.1, -0.05) is 12.1 Å². The molecule has 104 valence electrons. The molecule has 0 amide bonds. The summed E-state index contributed by atoms with van der Waals surface area (Å²) in [6.07, 6.45) is 0. The van der Waals surface area contributed by atoms with E-state index in [1.54, 1.807) is 6.07 Å². The first-order valence-electron chi connectivity index (χ1n) is 5.72. The van der Waals surface area contributed by atoms with Crippen molar-refractivity contribution in [1.82, 2.24) is 5.32 Å². The van der Waals surface area contributed by atoms with Crippen LogP contribution in [0.15, 0.2) is 22.7 Å². The zero-order chi connectivity index (χ0) is 14.0. The van der Waals surface area contributed by atoms with Crippen LogP contribution >= 0.6 is 15.9 Å². The van der Waals surface area contributed by atoms with Crippen molar-refractivity contribution in [3.63, 3.8) is 0 Å². The number of nitrogens with one attached hydrogen (secondary N) is 1. The molecule has 0 aromatic heterocycles. The smallest absolute Gasteiger partial charge is 0.283 e. The monoisotopic (exact) mass is 348 g/mol. The Morgan fingerprint density at radius 1 is 1.42 bits per heavy atom. The van der Waals surface area contributed by atoms with Gasteiger partial charge in [0.1, 0.15) is 0 Å². The van der Waals surface area contributed by atoms with Gasteiger partial charge in [-0.15, -0.1) is 0 Å². The zero-order valence-electron chi connectivity index (χ0n) is 10.0. The van der Waals surface area contributed by atoms with Crippen LogP contribution in [0.25, 0.3) is 0 Å². The van der Waals surface area contributed by atoms with Gasteiger partial charge in [-0.2, -0.15) is 0 Å². The number of nitro benzene ring substituents is 1. The van der Waals surface area contributed by atoms with Crippen molar-refractivity contribution in [2.45, 2.75) is 5.75 Å². The molecule has 1 saturated heterocycles. The van der Waals surface area contributed by atoms with Gasteiger partial charge in [-0.05, 0) is 27.4 Å². The van der Waals surface area contributed by atoms with E-state index in [0.717, 1.165) is 13.1 Å². The van der Waals surface area contributed by atoms with E-state index in [-0.39, 0.29) is 27.6 Å². The Morgan fingerprint density at radius 3 is 2.63 bits per heavy atom. The Balaban J connectivity index is 2.18. The number of halogens is 1. The van der Waals surface area contributed by atoms with E-state index >= 15 is 0 Å². The van der Waals surface area contributed by atoms with E-state index in [1.165, 1.54) is 12.1 Å². The molecule has 6 nitrogen and oxygen atoms in total. The summed E-state index contributed by atoms with van der Waals surface area (Å²) in [7, 11) is -3.25. The molecule has 1 aromatic rings. The third-order valence-electron chi connectivity index (χ3n) is 2.99. The molecule has 0 saturated carbocycles. The summed E-state index contributed by atoms with van der Waals surface area (Å²) in [5.74, 6) is 0.100. The van der Waals surface area contributed by atoms with Crippen molar-refractivity contribution in [1.29, 1.82) is 0 Å². The second-order valence-electron chi connectivity index (χ2n) is 4.59. The van der Waals surface area contributed by atoms with Crippen LogP contribution in [-0.2, 0) is 15.6 Å². The summed E-state index contributed by atoms with van der Waals surface area (Å²) in [4.78, 5) is 10.3. The van der Waals surface area contributed by atoms with E-state index < -0.39 is 14.8 Å². The molecule has 1 fully saturated rings. The maximum atomic E-state index is 12.0. The molecular formula is C11H13BrN2O4S. The van der Waals surface area contributed by atoms with Gasteiger partial charge in [0.05, 0.1) is 20.9 Å². The van der Waals surface area contributed by atoms with Crippen molar-refractivity contribution < 1.29 is 13.3 Å². The van der Waals surface area contributed by atoms with Crippen molar-refractivity contribution in [2.75, 3.05) is 18.8 Å². The van der Waals surface area contributed by atoms with Crippen molar-refractivity contribution in [3.05, 3.63) is 38.3 Å². The van der Waals surface area contributed by atoms with Gasteiger partial charge >= 0.3 is 0 Å². The minimum Gasteiger partial charge on any atom is -0.316 e. The highest BCUT2D eigenvalue weighted by molar-refractivity contribution is 9.10. The quantitative estimate of drug-likeness (QED) is 0.643. The largest absolute Gasteiger partial charge is 0.316 e. The Bertz CT molecular complexity index is 599. The van der Waals surface area contributed by atoms with Crippen LogP contribution in [0.5, 0.6) is 0 Å². The Kier molecular flexibility index (Phi) is 4.22. The van der Waals surface area contributed by atoms with Crippen LogP contribution in [0, 0.1) is 16.0 Å². The summed E-state index contributed by atoms with van der Waals surface area (Å²) >= 11 is 3.11. The molecular weight excluding hydrogens is 336 g/mol. The summed E-state index contributed by atoms with van der Waals surface area (Å²) in [6.45, 7) is 1.44. The summed E-state index contributed by atoms with van der Waals surface area (Å²) in [5.41, 5.74) is 0.319. The summed E-state index contributed by atoms with van der Waals surface area (Å²) in [5, 5.41) is 13.8. The van der Waals surface area contributed by atoms with Crippen molar-refractivity contribution >= 4 is 31.5 Å². The predicted molar refractivity (Wildman–Crippen MR) is 74.6 cm³/mol. The van der Waals surface area contributed by atoms with E-state index in [0.29, 0.717) is 5.56 Å². The predicted octanol–water partition coefficient (Wildman–Crippen LogP) is 1.49. The summed E-state index contributed by atoms with van der Waals surface area (Å²) in [6, 6.07) is 4.43. The molecule has 1 aliphatic rings. The highest BCUT2D eigenvalue weighted by atomic mass is 79.9. The number of rotatable bonds is 5. The minimum atomic E-state index is -3.25. The Labute approximate surface area is 119 Å². The van der Waals surface area contributed by atoms with Crippen LogP contribution in [0.2, 0.25) is 0 Å². The SMILES string of the molecule is O=[N+]([O-])c1cccc(CS(=O)(=O)CC2CNC2)c1Br. The average Bonchev–Trinajstić information content (AvgIpc) is 2.26. The van der Waals surface area contributed by atoms with Crippen LogP contribution in [-0.4, -0.2) is 32.2 Å². The van der Waals surface area contributed by atoms with Crippen molar-refractivity contribution in [3.8, 4) is 0 Å². The summed E-state index contributed by atoms with van der Waals surface area (Å²) < 4.78 is 24.3. The average molecular weight is 349 g/mol. The zero-order valence-corrected chi connectivity index (χ0v) is 12.4. The topological polar surface area (TPSA) is 89.3 Å². The molecule has 0 bridgehead atoms. The standard InChI is InChI=1S/C11H13BrN2O4S/c12-11-9(2-1-3-10(11)14(15)16)7-19(17,18)6-8-4-13-5-8/h1-3,8,13H,4-7H2. The fraction of sp³-hybridized carbons (Fsp3) is 0.455.